The molecule has 1 aliphatic heterocycles. The molecule has 0 radical (unpaired) electrons. The van der Waals surface area contributed by atoms with Crippen LogP contribution < -0.4 is 4.90 Å². The van der Waals surface area contributed by atoms with Gasteiger partial charge in [0.15, 0.2) is 0 Å². The Labute approximate surface area is 176 Å². The summed E-state index contributed by atoms with van der Waals surface area (Å²) >= 11 is 0. The van der Waals surface area contributed by atoms with Crippen LogP contribution in [0.1, 0.15) is 22.5 Å². The molecule has 3 aromatic rings. The van der Waals surface area contributed by atoms with Crippen molar-refractivity contribution in [3.8, 4) is 11.8 Å². The molecule has 0 amide bonds. The highest BCUT2D eigenvalue weighted by Gasteiger charge is 2.14. The first-order chi connectivity index (χ1) is 14.6. The van der Waals surface area contributed by atoms with Gasteiger partial charge >= 0.3 is 0 Å². The van der Waals surface area contributed by atoms with Gasteiger partial charge in [0, 0.05) is 35.9 Å². The van der Waals surface area contributed by atoms with Crippen molar-refractivity contribution >= 4 is 17.3 Å². The van der Waals surface area contributed by atoms with Gasteiger partial charge in [-0.05, 0) is 73.5 Å². The van der Waals surface area contributed by atoms with Crippen molar-refractivity contribution in [1.82, 2.24) is 4.57 Å². The molecular weight excluding hydrogens is 377 g/mol. The number of morpholine rings is 1. The Morgan fingerprint density at radius 3 is 2.27 bits per heavy atom. The second-order valence-corrected chi connectivity index (χ2v) is 7.45. The van der Waals surface area contributed by atoms with Gasteiger partial charge in [-0.2, -0.15) is 5.26 Å². The van der Waals surface area contributed by atoms with Gasteiger partial charge in [0.1, 0.15) is 5.82 Å². The summed E-state index contributed by atoms with van der Waals surface area (Å²) in [5.74, 6) is -0.310. The number of allylic oxidation sites excluding steroid dienone is 1. The minimum absolute atomic E-state index is 0.310. The van der Waals surface area contributed by atoms with Gasteiger partial charge in [-0.15, -0.1) is 0 Å². The molecule has 4 rings (SSSR count). The predicted octanol–water partition coefficient (Wildman–Crippen LogP) is 5.13. The van der Waals surface area contributed by atoms with E-state index >= 15 is 0 Å². The van der Waals surface area contributed by atoms with Gasteiger partial charge in [0.2, 0.25) is 0 Å². The lowest BCUT2D eigenvalue weighted by atomic mass is 10.0. The third kappa shape index (κ3) is 4.00. The third-order valence-corrected chi connectivity index (χ3v) is 5.53. The zero-order valence-corrected chi connectivity index (χ0v) is 17.2. The summed E-state index contributed by atoms with van der Waals surface area (Å²) in [5, 5.41) is 9.62. The van der Waals surface area contributed by atoms with Crippen LogP contribution in [0.2, 0.25) is 0 Å². The van der Waals surface area contributed by atoms with Crippen LogP contribution in [-0.2, 0) is 4.74 Å². The highest BCUT2D eigenvalue weighted by molar-refractivity contribution is 5.90. The quantitative estimate of drug-likeness (QED) is 0.569. The fraction of sp³-hybridized carbons (Fsp3) is 0.240. The number of nitriles is 1. The summed E-state index contributed by atoms with van der Waals surface area (Å²) in [5.41, 5.74) is 6.63. The SMILES string of the molecule is Cc1cc(C=C(C#N)c2ccc(F)cc2)c(C)n1-c1ccc(N2CCOCC2)cc1. The number of hydrogen-bond donors (Lipinski definition) is 0. The normalized spacial score (nSPS) is 14.6. The van der Waals surface area contributed by atoms with E-state index in [9.17, 15) is 9.65 Å². The topological polar surface area (TPSA) is 41.2 Å². The summed E-state index contributed by atoms with van der Waals surface area (Å²) in [6, 6.07) is 18.9. The maximum atomic E-state index is 13.2. The van der Waals surface area contributed by atoms with E-state index in [1.807, 2.05) is 13.0 Å². The molecule has 2 aromatic carbocycles. The molecule has 4 nitrogen and oxygen atoms in total. The van der Waals surface area contributed by atoms with E-state index in [1.54, 1.807) is 12.1 Å². The Morgan fingerprint density at radius 1 is 1.00 bits per heavy atom. The molecule has 30 heavy (non-hydrogen) atoms. The van der Waals surface area contributed by atoms with E-state index in [0.717, 1.165) is 48.9 Å². The zero-order chi connectivity index (χ0) is 21.1. The highest BCUT2D eigenvalue weighted by Crippen LogP contribution is 2.27. The van der Waals surface area contributed by atoms with Crippen LogP contribution >= 0.6 is 0 Å². The van der Waals surface area contributed by atoms with Crippen LogP contribution in [0.15, 0.2) is 54.6 Å². The fourth-order valence-corrected chi connectivity index (χ4v) is 3.93. The first-order valence-electron chi connectivity index (χ1n) is 10.1. The maximum Gasteiger partial charge on any atom is 0.123 e. The molecule has 152 valence electrons. The molecule has 1 saturated heterocycles. The number of aromatic nitrogens is 1. The molecule has 0 atom stereocenters. The standard InChI is InChI=1S/C25H24FN3O/c1-18-15-21(16-22(17-27)20-3-5-23(26)6-4-20)19(2)29(18)25-9-7-24(8-10-25)28-11-13-30-14-12-28/h3-10,15-16H,11-14H2,1-2H3. The minimum Gasteiger partial charge on any atom is -0.378 e. The number of benzene rings is 2. The second-order valence-electron chi connectivity index (χ2n) is 7.45. The van der Waals surface area contributed by atoms with Crippen LogP contribution in [-0.4, -0.2) is 30.9 Å². The Morgan fingerprint density at radius 2 is 1.63 bits per heavy atom. The largest absolute Gasteiger partial charge is 0.378 e. The molecule has 0 saturated carbocycles. The second kappa shape index (κ2) is 8.56. The van der Waals surface area contributed by atoms with Gasteiger partial charge in [-0.25, -0.2) is 4.39 Å². The van der Waals surface area contributed by atoms with Crippen molar-refractivity contribution in [2.45, 2.75) is 13.8 Å². The first-order valence-corrected chi connectivity index (χ1v) is 10.1. The van der Waals surface area contributed by atoms with Crippen molar-refractivity contribution < 1.29 is 9.13 Å². The lowest BCUT2D eigenvalue weighted by molar-refractivity contribution is 0.122. The van der Waals surface area contributed by atoms with Crippen molar-refractivity contribution in [2.75, 3.05) is 31.2 Å². The summed E-state index contributed by atoms with van der Waals surface area (Å²) in [7, 11) is 0. The number of anilines is 1. The summed E-state index contributed by atoms with van der Waals surface area (Å²) in [4.78, 5) is 2.33. The monoisotopic (exact) mass is 401 g/mol. The van der Waals surface area contributed by atoms with Gasteiger partial charge in [-0.3, -0.25) is 0 Å². The predicted molar refractivity (Wildman–Crippen MR) is 118 cm³/mol. The molecule has 0 aliphatic carbocycles. The summed E-state index contributed by atoms with van der Waals surface area (Å²) in [6.07, 6.45) is 1.87. The van der Waals surface area contributed by atoms with Crippen LogP contribution in [0.25, 0.3) is 17.3 Å². The molecule has 5 heteroatoms. The van der Waals surface area contributed by atoms with Crippen LogP contribution in [0.4, 0.5) is 10.1 Å². The lowest BCUT2D eigenvalue weighted by Gasteiger charge is -2.29. The van der Waals surface area contributed by atoms with Crippen molar-refractivity contribution in [3.63, 3.8) is 0 Å². The highest BCUT2D eigenvalue weighted by atomic mass is 19.1. The minimum atomic E-state index is -0.310. The fourth-order valence-electron chi connectivity index (χ4n) is 3.93. The van der Waals surface area contributed by atoms with Crippen molar-refractivity contribution in [2.24, 2.45) is 0 Å². The summed E-state index contributed by atoms with van der Waals surface area (Å²) < 4.78 is 20.8. The molecule has 0 unspecified atom stereocenters. The average Bonchev–Trinajstić information content (AvgIpc) is 3.06. The zero-order valence-electron chi connectivity index (χ0n) is 17.2. The van der Waals surface area contributed by atoms with Crippen molar-refractivity contribution in [1.29, 1.82) is 5.26 Å². The Kier molecular flexibility index (Phi) is 5.69. The van der Waals surface area contributed by atoms with E-state index < -0.39 is 0 Å². The smallest absolute Gasteiger partial charge is 0.123 e. The number of halogens is 1. The van der Waals surface area contributed by atoms with Gasteiger partial charge in [0.25, 0.3) is 0 Å². The summed E-state index contributed by atoms with van der Waals surface area (Å²) in [6.45, 7) is 7.47. The molecular formula is C25H24FN3O. The molecule has 1 aliphatic rings. The Bertz CT molecular complexity index is 1100. The number of rotatable bonds is 4. The Hall–Kier alpha value is -3.36. The molecule has 1 aromatic heterocycles. The van der Waals surface area contributed by atoms with Crippen LogP contribution in [0.5, 0.6) is 0 Å². The van der Waals surface area contributed by atoms with E-state index in [1.165, 1.54) is 17.8 Å². The van der Waals surface area contributed by atoms with Crippen LogP contribution in [0.3, 0.4) is 0 Å². The number of nitrogens with zero attached hydrogens (tertiary/aromatic N) is 3. The van der Waals surface area contributed by atoms with Gasteiger partial charge in [0.05, 0.1) is 24.9 Å². The van der Waals surface area contributed by atoms with E-state index in [2.05, 4.69) is 52.8 Å². The van der Waals surface area contributed by atoms with Gasteiger partial charge < -0.3 is 14.2 Å². The molecule has 0 N–H and O–H groups in total. The lowest BCUT2D eigenvalue weighted by Crippen LogP contribution is -2.36. The maximum absolute atomic E-state index is 13.2. The van der Waals surface area contributed by atoms with Crippen molar-refractivity contribution in [3.05, 3.63) is 82.9 Å². The van der Waals surface area contributed by atoms with E-state index in [-0.39, 0.29) is 5.82 Å². The molecule has 2 heterocycles. The third-order valence-electron chi connectivity index (χ3n) is 5.53. The van der Waals surface area contributed by atoms with E-state index in [4.69, 9.17) is 4.74 Å². The average molecular weight is 401 g/mol. The number of ether oxygens (including phenoxy) is 1. The number of aryl methyl sites for hydroxylation is 1. The Balaban J connectivity index is 1.65. The van der Waals surface area contributed by atoms with Gasteiger partial charge in [-0.1, -0.05) is 12.1 Å². The molecule has 0 spiro atoms. The first kappa shape index (κ1) is 19.9. The van der Waals surface area contributed by atoms with E-state index in [0.29, 0.717) is 11.1 Å². The molecule has 0 bridgehead atoms. The van der Waals surface area contributed by atoms with Crippen LogP contribution in [0, 0.1) is 31.0 Å². The molecule has 1 fully saturated rings. The number of hydrogen-bond acceptors (Lipinski definition) is 3.